The Labute approximate surface area is 143 Å². The minimum atomic E-state index is -1.33. The van der Waals surface area contributed by atoms with Crippen LogP contribution in [0.3, 0.4) is 0 Å². The molecule has 0 bridgehead atoms. The van der Waals surface area contributed by atoms with Gasteiger partial charge in [0.2, 0.25) is 0 Å². The van der Waals surface area contributed by atoms with Crippen molar-refractivity contribution in [3.63, 3.8) is 0 Å². The van der Waals surface area contributed by atoms with E-state index >= 15 is 0 Å². The van der Waals surface area contributed by atoms with Crippen molar-refractivity contribution >= 4 is 33.5 Å². The van der Waals surface area contributed by atoms with Gasteiger partial charge in [0, 0.05) is 9.81 Å². The number of hydrogen-bond donors (Lipinski definition) is 3. The first-order chi connectivity index (χ1) is 11.0. The molecule has 3 N–H and O–H groups in total. The number of pyridine rings is 1. The van der Waals surface area contributed by atoms with E-state index in [-0.39, 0.29) is 5.82 Å². The summed E-state index contributed by atoms with van der Waals surface area (Å²) in [5.74, 6) is 0.126. The molecule has 1 aliphatic heterocycles. The van der Waals surface area contributed by atoms with E-state index in [1.165, 1.54) is 6.20 Å². The molecular formula is C12H12BrN5O4S. The average Bonchev–Trinajstić information content (AvgIpc) is 2.54. The van der Waals surface area contributed by atoms with Crippen LogP contribution in [-0.4, -0.2) is 56.7 Å². The second-order valence-electron chi connectivity index (χ2n) is 4.61. The lowest BCUT2D eigenvalue weighted by Gasteiger charge is -2.40. The summed E-state index contributed by atoms with van der Waals surface area (Å²) in [6.07, 6.45) is -2.18. The van der Waals surface area contributed by atoms with Crippen molar-refractivity contribution in [2.45, 2.75) is 34.7 Å². The van der Waals surface area contributed by atoms with Crippen LogP contribution in [-0.2, 0) is 4.74 Å². The highest BCUT2D eigenvalue weighted by atomic mass is 79.9. The molecule has 2 rings (SSSR count). The van der Waals surface area contributed by atoms with Crippen LogP contribution in [0.2, 0.25) is 0 Å². The number of aliphatic hydroxyl groups is 3. The third kappa shape index (κ3) is 3.94. The molecule has 11 heteroatoms. The monoisotopic (exact) mass is 401 g/mol. The molecule has 122 valence electrons. The standard InChI is InChI=1S/C12H12BrN5O4S/c1-15-11-7(2-5(13)3-16-11)23-12-10(21)8(17-18-14)9(20)6(4-19)22-12/h2-3,6,8-10,12,19-21H,4H2/t6?,8-,9-,10?,12+/m0/s1. The molecule has 0 radical (unpaired) electrons. The Morgan fingerprint density at radius 1 is 1.48 bits per heavy atom. The Hall–Kier alpha value is -1.38. The van der Waals surface area contributed by atoms with Crippen LogP contribution in [0.1, 0.15) is 0 Å². The van der Waals surface area contributed by atoms with Gasteiger partial charge in [0.15, 0.2) is 0 Å². The van der Waals surface area contributed by atoms with Crippen molar-refractivity contribution < 1.29 is 20.1 Å². The van der Waals surface area contributed by atoms with E-state index in [0.29, 0.717) is 9.37 Å². The van der Waals surface area contributed by atoms with Crippen LogP contribution in [0.5, 0.6) is 0 Å². The van der Waals surface area contributed by atoms with Gasteiger partial charge in [0.25, 0.3) is 5.82 Å². The molecule has 1 aromatic rings. The number of rotatable bonds is 4. The summed E-state index contributed by atoms with van der Waals surface area (Å²) in [5.41, 5.74) is 7.64. The lowest BCUT2D eigenvalue weighted by molar-refractivity contribution is -0.159. The van der Waals surface area contributed by atoms with Gasteiger partial charge in [0.05, 0.1) is 23.2 Å². The molecule has 0 aromatic carbocycles. The summed E-state index contributed by atoms with van der Waals surface area (Å²) in [7, 11) is 0. The van der Waals surface area contributed by atoms with Gasteiger partial charge in [-0.25, -0.2) is 0 Å². The molecule has 2 unspecified atom stereocenters. The van der Waals surface area contributed by atoms with Crippen LogP contribution in [0.25, 0.3) is 15.3 Å². The summed E-state index contributed by atoms with van der Waals surface area (Å²) in [4.78, 5) is 10.3. The van der Waals surface area contributed by atoms with E-state index in [1.54, 1.807) is 6.07 Å². The van der Waals surface area contributed by atoms with Crippen molar-refractivity contribution in [3.8, 4) is 0 Å². The van der Waals surface area contributed by atoms with E-state index in [0.717, 1.165) is 11.8 Å². The molecule has 1 saturated heterocycles. The SMILES string of the molecule is [C-]#[N+]c1ncc(Br)cc1S[C@H]1OC(CO)[C@H](O)[C@H](N=[N+]=[N-])C1O. The third-order valence-corrected chi connectivity index (χ3v) is 4.79. The highest BCUT2D eigenvalue weighted by molar-refractivity contribution is 9.10. The van der Waals surface area contributed by atoms with Crippen LogP contribution in [0.15, 0.2) is 26.7 Å². The molecule has 2 heterocycles. The van der Waals surface area contributed by atoms with Crippen molar-refractivity contribution in [1.29, 1.82) is 0 Å². The van der Waals surface area contributed by atoms with Crippen molar-refractivity contribution in [3.05, 3.63) is 38.6 Å². The van der Waals surface area contributed by atoms with Crippen molar-refractivity contribution in [2.75, 3.05) is 6.61 Å². The number of nitrogens with zero attached hydrogens (tertiary/aromatic N) is 5. The summed E-state index contributed by atoms with van der Waals surface area (Å²) in [6.45, 7) is 6.61. The fourth-order valence-corrected chi connectivity index (χ4v) is 3.70. The molecule has 0 saturated carbocycles. The first kappa shape index (κ1) is 18.0. The predicted octanol–water partition coefficient (Wildman–Crippen LogP) is 1.60. The van der Waals surface area contributed by atoms with E-state index in [9.17, 15) is 15.3 Å². The molecule has 0 amide bonds. The summed E-state index contributed by atoms with van der Waals surface area (Å²) in [6, 6.07) is 0.475. The van der Waals surface area contributed by atoms with Gasteiger partial charge in [0.1, 0.15) is 23.8 Å². The molecule has 1 aromatic heterocycles. The lowest BCUT2D eigenvalue weighted by atomic mass is 9.98. The quantitative estimate of drug-likeness (QED) is 0.303. The Morgan fingerprint density at radius 3 is 2.83 bits per heavy atom. The van der Waals surface area contributed by atoms with Crippen molar-refractivity contribution in [1.82, 2.24) is 4.98 Å². The van der Waals surface area contributed by atoms with Crippen LogP contribution in [0.4, 0.5) is 5.82 Å². The molecule has 0 spiro atoms. The average molecular weight is 402 g/mol. The number of azide groups is 1. The van der Waals surface area contributed by atoms with Gasteiger partial charge >= 0.3 is 0 Å². The number of thioether (sulfide) groups is 1. The highest BCUT2D eigenvalue weighted by Crippen LogP contribution is 2.38. The summed E-state index contributed by atoms with van der Waals surface area (Å²) >= 11 is 4.25. The zero-order valence-corrected chi connectivity index (χ0v) is 13.9. The Balaban J connectivity index is 2.30. The maximum atomic E-state index is 10.3. The zero-order chi connectivity index (χ0) is 17.0. The molecule has 5 atom stereocenters. The molecule has 23 heavy (non-hydrogen) atoms. The Bertz CT molecular complexity index is 665. The largest absolute Gasteiger partial charge is 0.394 e. The van der Waals surface area contributed by atoms with Gasteiger partial charge in [-0.15, -0.1) is 16.7 Å². The van der Waals surface area contributed by atoms with E-state index in [1.807, 2.05) is 0 Å². The predicted molar refractivity (Wildman–Crippen MR) is 84.8 cm³/mol. The van der Waals surface area contributed by atoms with E-state index in [2.05, 4.69) is 35.8 Å². The number of halogens is 1. The summed E-state index contributed by atoms with van der Waals surface area (Å²) < 4.78 is 6.11. The lowest BCUT2D eigenvalue weighted by Crippen LogP contribution is -2.56. The minimum absolute atomic E-state index is 0.126. The van der Waals surface area contributed by atoms with Gasteiger partial charge in [-0.1, -0.05) is 11.7 Å². The van der Waals surface area contributed by atoms with E-state index < -0.39 is 36.4 Å². The first-order valence-electron chi connectivity index (χ1n) is 6.38. The number of aromatic nitrogens is 1. The molecule has 1 fully saturated rings. The molecule has 9 nitrogen and oxygen atoms in total. The fourth-order valence-electron chi connectivity index (χ4n) is 2.07. The molecule has 1 aliphatic rings. The van der Waals surface area contributed by atoms with Crippen LogP contribution >= 0.6 is 27.7 Å². The van der Waals surface area contributed by atoms with Crippen molar-refractivity contribution in [2.24, 2.45) is 5.11 Å². The second-order valence-corrected chi connectivity index (χ2v) is 6.66. The number of ether oxygens (including phenoxy) is 1. The minimum Gasteiger partial charge on any atom is -0.394 e. The topological polar surface area (TPSA) is 136 Å². The smallest absolute Gasteiger partial charge is 0.283 e. The zero-order valence-electron chi connectivity index (χ0n) is 11.5. The maximum Gasteiger partial charge on any atom is 0.283 e. The third-order valence-electron chi connectivity index (χ3n) is 3.18. The van der Waals surface area contributed by atoms with Gasteiger partial charge in [-0.3, -0.25) is 0 Å². The van der Waals surface area contributed by atoms with Crippen LogP contribution in [0, 0.1) is 6.57 Å². The normalized spacial score (nSPS) is 30.3. The molecular weight excluding hydrogens is 390 g/mol. The van der Waals surface area contributed by atoms with Gasteiger partial charge < -0.3 is 24.9 Å². The fraction of sp³-hybridized carbons (Fsp3) is 0.500. The summed E-state index contributed by atoms with van der Waals surface area (Å²) in [5, 5.41) is 32.9. The Morgan fingerprint density at radius 2 is 2.22 bits per heavy atom. The first-order valence-corrected chi connectivity index (χ1v) is 8.05. The second kappa shape index (κ2) is 7.94. The van der Waals surface area contributed by atoms with Crippen LogP contribution < -0.4 is 0 Å². The number of hydrogen-bond acceptors (Lipinski definition) is 7. The van der Waals surface area contributed by atoms with Gasteiger partial charge in [-0.2, -0.15) is 0 Å². The number of aliphatic hydroxyl groups excluding tert-OH is 3. The highest BCUT2D eigenvalue weighted by Gasteiger charge is 2.44. The maximum absolute atomic E-state index is 10.3. The Kier molecular flexibility index (Phi) is 6.20. The molecule has 0 aliphatic carbocycles. The van der Waals surface area contributed by atoms with E-state index in [4.69, 9.17) is 16.8 Å². The van der Waals surface area contributed by atoms with Gasteiger partial charge in [-0.05, 0) is 27.5 Å².